The highest BCUT2D eigenvalue weighted by Gasteiger charge is 2.19. The van der Waals surface area contributed by atoms with Gasteiger partial charge in [-0.1, -0.05) is 39.0 Å². The molecule has 1 amide bonds. The molecule has 10 heteroatoms. The van der Waals surface area contributed by atoms with E-state index in [1.54, 1.807) is 18.2 Å². The highest BCUT2D eigenvalue weighted by atomic mass is 35.5. The summed E-state index contributed by atoms with van der Waals surface area (Å²) < 4.78 is 3.87. The van der Waals surface area contributed by atoms with Gasteiger partial charge in [0.1, 0.15) is 4.88 Å². The van der Waals surface area contributed by atoms with Gasteiger partial charge in [0, 0.05) is 5.02 Å². The maximum atomic E-state index is 11.5. The van der Waals surface area contributed by atoms with Crippen LogP contribution in [0.25, 0.3) is 9.88 Å². The molecular formula is C12H7Cl2N5OS2. The van der Waals surface area contributed by atoms with Crippen molar-refractivity contribution in [3.8, 4) is 9.88 Å². The van der Waals surface area contributed by atoms with Gasteiger partial charge in [-0.05, 0) is 36.7 Å². The number of halogens is 2. The van der Waals surface area contributed by atoms with Crippen LogP contribution in [-0.2, 0) is 4.79 Å². The van der Waals surface area contributed by atoms with E-state index in [9.17, 15) is 4.79 Å². The van der Waals surface area contributed by atoms with Crippen LogP contribution in [0, 0.1) is 6.92 Å². The molecule has 3 aromatic rings. The lowest BCUT2D eigenvalue weighted by molar-refractivity contribution is -0.106. The van der Waals surface area contributed by atoms with Crippen molar-refractivity contribution < 1.29 is 4.79 Å². The second-order valence-corrected chi connectivity index (χ2v) is 6.70. The molecule has 0 unspecified atom stereocenters. The van der Waals surface area contributed by atoms with Crippen molar-refractivity contribution in [1.29, 1.82) is 0 Å². The first-order valence-electron chi connectivity index (χ1n) is 5.92. The van der Waals surface area contributed by atoms with Gasteiger partial charge in [-0.2, -0.15) is 0 Å². The molecule has 0 aliphatic rings. The van der Waals surface area contributed by atoms with Crippen LogP contribution >= 0.6 is 46.1 Å². The number of carbonyl (C=O) groups is 1. The number of hydrogen-bond donors (Lipinski definition) is 0. The Morgan fingerprint density at radius 2 is 2.05 bits per heavy atom. The average molecular weight is 372 g/mol. The molecule has 0 radical (unpaired) electrons. The first kappa shape index (κ1) is 15.3. The molecule has 2 aromatic heterocycles. The normalized spacial score (nSPS) is 10.7. The number of aryl methyl sites for hydroxylation is 1. The minimum atomic E-state index is 0.354. The minimum Gasteiger partial charge on any atom is -0.278 e. The Hall–Kier alpha value is -1.61. The van der Waals surface area contributed by atoms with E-state index in [4.69, 9.17) is 23.2 Å². The molecule has 0 saturated carbocycles. The Balaban J connectivity index is 2.00. The molecule has 0 N–H and O–H groups in total. The molecule has 2 heterocycles. The van der Waals surface area contributed by atoms with Crippen LogP contribution in [0.5, 0.6) is 0 Å². The van der Waals surface area contributed by atoms with Gasteiger partial charge in [0.05, 0.1) is 16.4 Å². The van der Waals surface area contributed by atoms with Gasteiger partial charge >= 0.3 is 0 Å². The summed E-state index contributed by atoms with van der Waals surface area (Å²) >= 11 is 14.5. The number of amides is 1. The Bertz CT molecular complexity index is 835. The molecule has 0 spiro atoms. The molecule has 6 nitrogen and oxygen atoms in total. The first-order valence-corrected chi connectivity index (χ1v) is 8.27. The van der Waals surface area contributed by atoms with Crippen LogP contribution in [-0.4, -0.2) is 26.2 Å². The van der Waals surface area contributed by atoms with Gasteiger partial charge in [-0.3, -0.25) is 9.69 Å². The fourth-order valence-corrected chi connectivity index (χ4v) is 3.80. The van der Waals surface area contributed by atoms with E-state index in [1.165, 1.54) is 27.8 Å². The van der Waals surface area contributed by atoms with Crippen molar-refractivity contribution in [1.82, 2.24) is 19.8 Å². The number of carbonyl (C=O) groups excluding carboxylic acids is 1. The van der Waals surface area contributed by atoms with Crippen molar-refractivity contribution in [3.05, 3.63) is 33.9 Å². The summed E-state index contributed by atoms with van der Waals surface area (Å²) in [5.74, 6) is 0. The summed E-state index contributed by atoms with van der Waals surface area (Å²) in [6, 6.07) is 4.87. The van der Waals surface area contributed by atoms with Crippen molar-refractivity contribution in [2.24, 2.45) is 0 Å². The van der Waals surface area contributed by atoms with Gasteiger partial charge in [0.25, 0.3) is 0 Å². The standard InChI is InChI=1S/C12H7Cl2N5OS2/c1-6-10(22-18-15-6)11-16-17-12(21-11)19(5-20)9-3-2-7(13)4-8(9)14/h2-5H,1H3. The topological polar surface area (TPSA) is 71.9 Å². The van der Waals surface area contributed by atoms with E-state index >= 15 is 0 Å². The molecule has 0 aliphatic heterocycles. The smallest absolute Gasteiger partial charge is 0.220 e. The predicted octanol–water partition coefficient (Wildman–Crippen LogP) is 3.97. The monoisotopic (exact) mass is 371 g/mol. The largest absolute Gasteiger partial charge is 0.278 e. The third kappa shape index (κ3) is 2.82. The van der Waals surface area contributed by atoms with Crippen molar-refractivity contribution in [2.45, 2.75) is 6.92 Å². The van der Waals surface area contributed by atoms with E-state index in [1.807, 2.05) is 6.92 Å². The van der Waals surface area contributed by atoms with Crippen LogP contribution in [0.3, 0.4) is 0 Å². The maximum absolute atomic E-state index is 11.5. The first-order chi connectivity index (χ1) is 10.6. The fraction of sp³-hybridized carbons (Fsp3) is 0.0833. The van der Waals surface area contributed by atoms with Crippen LogP contribution in [0.2, 0.25) is 10.0 Å². The minimum absolute atomic E-state index is 0.354. The fourth-order valence-electron chi connectivity index (χ4n) is 1.71. The number of benzene rings is 1. The lowest BCUT2D eigenvalue weighted by Gasteiger charge is -2.14. The molecule has 0 bridgehead atoms. The third-order valence-corrected chi connectivity index (χ3v) is 5.18. The SMILES string of the molecule is Cc1nnsc1-c1nnc(N(C=O)c2ccc(Cl)cc2Cl)s1. The second kappa shape index (κ2) is 6.25. The van der Waals surface area contributed by atoms with E-state index in [-0.39, 0.29) is 0 Å². The molecule has 1 aromatic carbocycles. The van der Waals surface area contributed by atoms with Crippen molar-refractivity contribution >= 4 is 63.3 Å². The highest BCUT2D eigenvalue weighted by Crippen LogP contribution is 2.37. The Morgan fingerprint density at radius 1 is 1.23 bits per heavy atom. The Labute approximate surface area is 143 Å². The molecule has 0 saturated heterocycles. The van der Waals surface area contributed by atoms with Gasteiger partial charge in [-0.25, -0.2) is 0 Å². The zero-order valence-electron chi connectivity index (χ0n) is 11.0. The summed E-state index contributed by atoms with van der Waals surface area (Å²) in [5.41, 5.74) is 1.26. The maximum Gasteiger partial charge on any atom is 0.220 e. The summed E-state index contributed by atoms with van der Waals surface area (Å²) in [6.45, 7) is 1.84. The second-order valence-electron chi connectivity index (χ2n) is 4.15. The Morgan fingerprint density at radius 3 is 2.68 bits per heavy atom. The van der Waals surface area contributed by atoms with E-state index < -0.39 is 0 Å². The molecule has 0 fully saturated rings. The lowest BCUT2D eigenvalue weighted by atomic mass is 10.3. The number of anilines is 2. The number of aromatic nitrogens is 4. The van der Waals surface area contributed by atoms with Crippen LogP contribution in [0.1, 0.15) is 5.69 Å². The number of nitrogens with zero attached hydrogens (tertiary/aromatic N) is 5. The summed E-state index contributed by atoms with van der Waals surface area (Å²) in [6.07, 6.45) is 0.636. The molecule has 0 atom stereocenters. The average Bonchev–Trinajstić information content (AvgIpc) is 3.11. The molecule has 112 valence electrons. The summed E-state index contributed by atoms with van der Waals surface area (Å²) in [4.78, 5) is 13.6. The zero-order chi connectivity index (χ0) is 15.7. The zero-order valence-corrected chi connectivity index (χ0v) is 14.2. The summed E-state index contributed by atoms with van der Waals surface area (Å²) in [5, 5.41) is 14.0. The van der Waals surface area contributed by atoms with Gasteiger partial charge in [-0.15, -0.1) is 15.3 Å². The highest BCUT2D eigenvalue weighted by molar-refractivity contribution is 7.22. The van der Waals surface area contributed by atoms with Crippen LogP contribution in [0.15, 0.2) is 18.2 Å². The van der Waals surface area contributed by atoms with E-state index in [2.05, 4.69) is 19.8 Å². The summed E-state index contributed by atoms with van der Waals surface area (Å²) in [7, 11) is 0. The predicted molar refractivity (Wildman–Crippen MR) is 88.2 cm³/mol. The van der Waals surface area contributed by atoms with E-state index in [0.717, 1.165) is 10.6 Å². The molecule has 22 heavy (non-hydrogen) atoms. The van der Waals surface area contributed by atoms with Gasteiger partial charge in [0.2, 0.25) is 11.5 Å². The van der Waals surface area contributed by atoms with Crippen molar-refractivity contribution in [3.63, 3.8) is 0 Å². The molecule has 3 rings (SSSR count). The molecule has 0 aliphatic carbocycles. The lowest BCUT2D eigenvalue weighted by Crippen LogP contribution is -2.14. The van der Waals surface area contributed by atoms with Gasteiger partial charge in [0.15, 0.2) is 5.01 Å². The quantitative estimate of drug-likeness (QED) is 0.648. The van der Waals surface area contributed by atoms with Gasteiger partial charge < -0.3 is 0 Å². The molecular weight excluding hydrogens is 365 g/mol. The number of rotatable bonds is 4. The van der Waals surface area contributed by atoms with Crippen LogP contribution in [0.4, 0.5) is 10.8 Å². The Kier molecular flexibility index (Phi) is 4.34. The third-order valence-electron chi connectivity index (χ3n) is 2.74. The van der Waals surface area contributed by atoms with E-state index in [0.29, 0.717) is 32.3 Å². The number of hydrogen-bond acceptors (Lipinski definition) is 7. The van der Waals surface area contributed by atoms with Crippen LogP contribution < -0.4 is 4.90 Å². The van der Waals surface area contributed by atoms with Crippen molar-refractivity contribution in [2.75, 3.05) is 4.90 Å².